The van der Waals surface area contributed by atoms with Crippen molar-refractivity contribution in [3.05, 3.63) is 58.1 Å². The summed E-state index contributed by atoms with van der Waals surface area (Å²) in [4.78, 5) is 7.51. The number of nitrogens with zero attached hydrogens (tertiary/aromatic N) is 2. The molecule has 4 aliphatic rings. The number of hydrogen-bond acceptors (Lipinski definition) is 4. The van der Waals surface area contributed by atoms with Gasteiger partial charge in [0.2, 0.25) is 0 Å². The molecule has 1 N–H and O–H groups in total. The highest BCUT2D eigenvalue weighted by molar-refractivity contribution is 6.32. The molecule has 3 heterocycles. The molecule has 1 saturated heterocycles. The number of amidine groups is 1. The third-order valence-corrected chi connectivity index (χ3v) is 8.18. The lowest BCUT2D eigenvalue weighted by Crippen LogP contribution is -2.41. The van der Waals surface area contributed by atoms with E-state index in [2.05, 4.69) is 40.5 Å². The summed E-state index contributed by atoms with van der Waals surface area (Å²) in [6.45, 7) is 3.11. The molecule has 31 heavy (non-hydrogen) atoms. The number of hydrogen-bond donors (Lipinski definition) is 1. The predicted molar refractivity (Wildman–Crippen MR) is 127 cm³/mol. The molecule has 2 fully saturated rings. The van der Waals surface area contributed by atoms with Crippen LogP contribution in [-0.4, -0.2) is 25.7 Å². The summed E-state index contributed by atoms with van der Waals surface area (Å²) >= 11 is 6.66. The van der Waals surface area contributed by atoms with Gasteiger partial charge in [-0.15, -0.1) is 0 Å². The number of fused-ring (bicyclic) bond motifs is 7. The van der Waals surface area contributed by atoms with Gasteiger partial charge in [0.25, 0.3) is 0 Å². The summed E-state index contributed by atoms with van der Waals surface area (Å²) in [6, 6.07) is 13.5. The monoisotopic (exact) mass is 435 g/mol. The minimum absolute atomic E-state index is 0.000517. The number of piperidine rings is 1. The fourth-order valence-corrected chi connectivity index (χ4v) is 6.49. The molecule has 6 rings (SSSR count). The maximum atomic E-state index is 6.66. The smallest absolute Gasteiger partial charge is 0.139 e. The van der Waals surface area contributed by atoms with Crippen molar-refractivity contribution in [2.24, 2.45) is 4.99 Å². The first-order valence-corrected chi connectivity index (χ1v) is 12.2. The van der Waals surface area contributed by atoms with Crippen molar-refractivity contribution in [3.63, 3.8) is 0 Å². The third kappa shape index (κ3) is 3.14. The van der Waals surface area contributed by atoms with E-state index in [1.807, 2.05) is 6.07 Å². The summed E-state index contributed by atoms with van der Waals surface area (Å²) in [5.74, 6) is 1.81. The molecular formula is C26H30ClN3O. The first kappa shape index (κ1) is 19.8. The molecule has 0 bridgehead atoms. The summed E-state index contributed by atoms with van der Waals surface area (Å²) in [7, 11) is 0. The Morgan fingerprint density at radius 1 is 1.03 bits per heavy atom. The number of nitrogens with one attached hydrogen (secondary N) is 1. The van der Waals surface area contributed by atoms with Crippen molar-refractivity contribution >= 4 is 28.8 Å². The van der Waals surface area contributed by atoms with Crippen LogP contribution in [-0.2, 0) is 16.8 Å². The van der Waals surface area contributed by atoms with Crippen LogP contribution in [0.25, 0.3) is 0 Å². The SMILES string of the molecule is Clc1cccc2c1COC/N=C1\N2c2cc(C3CCNCC3)ccc2C12CCCCC2. The third-order valence-electron chi connectivity index (χ3n) is 7.82. The average Bonchev–Trinajstić information content (AvgIpc) is 3.04. The maximum Gasteiger partial charge on any atom is 0.139 e. The van der Waals surface area contributed by atoms with Gasteiger partial charge < -0.3 is 10.1 Å². The van der Waals surface area contributed by atoms with Crippen molar-refractivity contribution in [2.45, 2.75) is 62.9 Å². The van der Waals surface area contributed by atoms with Crippen molar-refractivity contribution in [3.8, 4) is 0 Å². The van der Waals surface area contributed by atoms with Crippen molar-refractivity contribution in [2.75, 3.05) is 24.7 Å². The molecule has 1 saturated carbocycles. The second-order valence-electron chi connectivity index (χ2n) is 9.48. The van der Waals surface area contributed by atoms with Gasteiger partial charge in [0.05, 0.1) is 23.4 Å². The van der Waals surface area contributed by atoms with Crippen LogP contribution in [0.4, 0.5) is 11.4 Å². The predicted octanol–water partition coefficient (Wildman–Crippen LogP) is 6.05. The molecule has 2 aromatic rings. The molecule has 0 amide bonds. The summed E-state index contributed by atoms with van der Waals surface area (Å²) in [5, 5.41) is 4.28. The second kappa shape index (κ2) is 7.91. The molecule has 4 nitrogen and oxygen atoms in total. The van der Waals surface area contributed by atoms with E-state index in [4.69, 9.17) is 21.3 Å². The highest BCUT2D eigenvalue weighted by Gasteiger charge is 2.50. The first-order valence-electron chi connectivity index (χ1n) is 11.8. The molecule has 1 aliphatic carbocycles. The Morgan fingerprint density at radius 3 is 2.71 bits per heavy atom. The van der Waals surface area contributed by atoms with Crippen molar-refractivity contribution in [1.82, 2.24) is 5.32 Å². The van der Waals surface area contributed by atoms with Gasteiger partial charge >= 0.3 is 0 Å². The Morgan fingerprint density at radius 2 is 1.87 bits per heavy atom. The van der Waals surface area contributed by atoms with Crippen LogP contribution in [0, 0.1) is 0 Å². The van der Waals surface area contributed by atoms with E-state index >= 15 is 0 Å². The van der Waals surface area contributed by atoms with Crippen LogP contribution in [0.3, 0.4) is 0 Å². The largest absolute Gasteiger partial charge is 0.354 e. The van der Waals surface area contributed by atoms with Crippen molar-refractivity contribution in [1.29, 1.82) is 0 Å². The minimum Gasteiger partial charge on any atom is -0.354 e. The fourth-order valence-electron chi connectivity index (χ4n) is 6.26. The Balaban J connectivity index is 1.56. The molecule has 0 unspecified atom stereocenters. The van der Waals surface area contributed by atoms with Gasteiger partial charge in [-0.1, -0.05) is 49.1 Å². The highest BCUT2D eigenvalue weighted by atomic mass is 35.5. The minimum atomic E-state index is 0.000517. The topological polar surface area (TPSA) is 36.9 Å². The van der Waals surface area contributed by atoms with Gasteiger partial charge in [0, 0.05) is 10.6 Å². The summed E-state index contributed by atoms with van der Waals surface area (Å²) in [5.41, 5.74) is 6.45. The number of halogens is 1. The van der Waals surface area contributed by atoms with Crippen LogP contribution >= 0.6 is 11.6 Å². The van der Waals surface area contributed by atoms with Gasteiger partial charge in [-0.05, 0) is 74.0 Å². The van der Waals surface area contributed by atoms with Crippen molar-refractivity contribution < 1.29 is 4.74 Å². The Kier molecular flexibility index (Phi) is 5.05. The summed E-state index contributed by atoms with van der Waals surface area (Å²) < 4.78 is 5.94. The normalized spacial score (nSPS) is 24.5. The molecule has 2 aromatic carbocycles. The van der Waals surface area contributed by atoms with Crippen LogP contribution in [0.15, 0.2) is 41.4 Å². The van der Waals surface area contributed by atoms with Gasteiger partial charge in [-0.3, -0.25) is 4.90 Å². The van der Waals surface area contributed by atoms with Gasteiger partial charge in [0.1, 0.15) is 12.6 Å². The number of aliphatic imine (C=N–C) groups is 1. The van der Waals surface area contributed by atoms with Crippen LogP contribution in [0.1, 0.15) is 67.6 Å². The zero-order chi connectivity index (χ0) is 20.8. The summed E-state index contributed by atoms with van der Waals surface area (Å²) in [6.07, 6.45) is 8.58. The highest BCUT2D eigenvalue weighted by Crippen LogP contribution is 2.54. The molecule has 3 aliphatic heterocycles. The lowest BCUT2D eigenvalue weighted by molar-refractivity contribution is 0.127. The van der Waals surface area contributed by atoms with E-state index in [1.54, 1.807) is 0 Å². The van der Waals surface area contributed by atoms with Gasteiger partial charge in [-0.25, -0.2) is 4.99 Å². The number of rotatable bonds is 1. The van der Waals surface area contributed by atoms with Crippen LogP contribution < -0.4 is 10.2 Å². The number of anilines is 2. The maximum absolute atomic E-state index is 6.66. The Labute approximate surface area is 189 Å². The first-order chi connectivity index (χ1) is 15.3. The second-order valence-corrected chi connectivity index (χ2v) is 9.88. The lowest BCUT2D eigenvalue weighted by atomic mass is 9.69. The Bertz CT molecular complexity index is 1020. The van der Waals surface area contributed by atoms with E-state index in [9.17, 15) is 0 Å². The molecule has 0 aromatic heterocycles. The zero-order valence-electron chi connectivity index (χ0n) is 18.0. The molecule has 5 heteroatoms. The van der Waals surface area contributed by atoms with E-state index in [0.717, 1.165) is 42.2 Å². The van der Waals surface area contributed by atoms with E-state index < -0.39 is 0 Å². The molecule has 162 valence electrons. The fraction of sp³-hybridized carbons (Fsp3) is 0.500. The molecular weight excluding hydrogens is 406 g/mol. The van der Waals surface area contributed by atoms with E-state index in [-0.39, 0.29) is 5.41 Å². The quantitative estimate of drug-likeness (QED) is 0.592. The van der Waals surface area contributed by atoms with Gasteiger partial charge in [-0.2, -0.15) is 0 Å². The zero-order valence-corrected chi connectivity index (χ0v) is 18.8. The molecule has 0 radical (unpaired) electrons. The molecule has 0 atom stereocenters. The average molecular weight is 436 g/mol. The van der Waals surface area contributed by atoms with Crippen LogP contribution in [0.2, 0.25) is 5.02 Å². The lowest BCUT2D eigenvalue weighted by Gasteiger charge is -2.36. The number of benzene rings is 2. The van der Waals surface area contributed by atoms with Crippen LogP contribution in [0.5, 0.6) is 0 Å². The standard InChI is InChI=1S/C26H30ClN3O/c27-22-5-4-6-23-20(22)16-31-17-29-25-26(11-2-1-3-12-26)21-8-7-19(15-24(21)30(23)25)18-9-13-28-14-10-18/h4-8,15,18,28H,1-3,9-14,16-17H2/b29-25-. The number of ether oxygens (including phenoxy) is 1. The Hall–Kier alpha value is -1.88. The van der Waals surface area contributed by atoms with E-state index in [1.165, 1.54) is 54.8 Å². The molecule has 1 spiro atoms. The van der Waals surface area contributed by atoms with Gasteiger partial charge in [0.15, 0.2) is 0 Å². The van der Waals surface area contributed by atoms with E-state index in [0.29, 0.717) is 19.3 Å².